The third kappa shape index (κ3) is 10.4. The first-order valence-corrected chi connectivity index (χ1v) is 12.7. The van der Waals surface area contributed by atoms with Crippen LogP contribution in [0.3, 0.4) is 0 Å². The molecule has 0 heterocycles. The van der Waals surface area contributed by atoms with Crippen molar-refractivity contribution in [1.82, 2.24) is 0 Å². The maximum Gasteiger partial charge on any atom is 0.356 e. The summed E-state index contributed by atoms with van der Waals surface area (Å²) in [6, 6.07) is 0. The predicted molar refractivity (Wildman–Crippen MR) is 119 cm³/mol. The van der Waals surface area contributed by atoms with Gasteiger partial charge in [-0.2, -0.15) is 8.78 Å². The summed E-state index contributed by atoms with van der Waals surface area (Å²) in [5.74, 6) is 1.79. The zero-order valence-electron chi connectivity index (χ0n) is 19.0. The van der Waals surface area contributed by atoms with E-state index >= 15 is 0 Å². The van der Waals surface area contributed by atoms with Gasteiger partial charge in [0.25, 0.3) is 0 Å². The molecule has 0 bridgehead atoms. The summed E-state index contributed by atoms with van der Waals surface area (Å²) in [5, 5.41) is 0. The molecule has 0 saturated heterocycles. The van der Waals surface area contributed by atoms with E-state index in [1.807, 2.05) is 6.08 Å². The van der Waals surface area contributed by atoms with Crippen LogP contribution in [0.25, 0.3) is 0 Å². The summed E-state index contributed by atoms with van der Waals surface area (Å²) in [7, 11) is 0. The SMILES string of the molecule is C=CC1CCC(CC(F)(F)OCC2CCC(CCCCCCCCC)CC2)CC1. The largest absolute Gasteiger partial charge is 0.356 e. The highest BCUT2D eigenvalue weighted by Crippen LogP contribution is 2.38. The fraction of sp³-hybridized carbons (Fsp3) is 0.923. The van der Waals surface area contributed by atoms with Crippen molar-refractivity contribution in [1.29, 1.82) is 0 Å². The minimum Gasteiger partial charge on any atom is -0.320 e. The van der Waals surface area contributed by atoms with E-state index < -0.39 is 6.11 Å². The third-order valence-corrected chi connectivity index (χ3v) is 7.46. The first kappa shape index (κ1) is 24.8. The van der Waals surface area contributed by atoms with Crippen molar-refractivity contribution < 1.29 is 13.5 Å². The smallest absolute Gasteiger partial charge is 0.320 e. The van der Waals surface area contributed by atoms with Crippen molar-refractivity contribution in [3.05, 3.63) is 12.7 Å². The first-order valence-electron chi connectivity index (χ1n) is 12.7. The van der Waals surface area contributed by atoms with Gasteiger partial charge in [0, 0.05) is 6.42 Å². The summed E-state index contributed by atoms with van der Waals surface area (Å²) < 4.78 is 33.7. The average molecular weight is 413 g/mol. The molecule has 1 nitrogen and oxygen atoms in total. The highest BCUT2D eigenvalue weighted by molar-refractivity contribution is 4.84. The molecule has 0 unspecified atom stereocenters. The van der Waals surface area contributed by atoms with Gasteiger partial charge in [-0.05, 0) is 62.2 Å². The van der Waals surface area contributed by atoms with Crippen LogP contribution in [-0.2, 0) is 4.74 Å². The van der Waals surface area contributed by atoms with Gasteiger partial charge in [-0.25, -0.2) is 0 Å². The molecule has 0 spiro atoms. The minimum absolute atomic E-state index is 0.0928. The molecule has 0 aliphatic heterocycles. The van der Waals surface area contributed by atoms with Crippen LogP contribution in [0.4, 0.5) is 8.78 Å². The number of hydrogen-bond acceptors (Lipinski definition) is 1. The van der Waals surface area contributed by atoms with Crippen molar-refractivity contribution in [2.45, 2.75) is 122 Å². The fourth-order valence-electron chi connectivity index (χ4n) is 5.34. The van der Waals surface area contributed by atoms with Crippen molar-refractivity contribution in [2.24, 2.45) is 23.7 Å². The maximum absolute atomic E-state index is 14.3. The molecule has 0 amide bonds. The van der Waals surface area contributed by atoms with Crippen LogP contribution in [0.15, 0.2) is 12.7 Å². The predicted octanol–water partition coefficient (Wildman–Crippen LogP) is 8.93. The number of unbranched alkanes of at least 4 members (excludes halogenated alkanes) is 6. The van der Waals surface area contributed by atoms with Crippen LogP contribution < -0.4 is 0 Å². The lowest BCUT2D eigenvalue weighted by atomic mass is 9.80. The van der Waals surface area contributed by atoms with Gasteiger partial charge in [0.15, 0.2) is 0 Å². The second-order valence-electron chi connectivity index (χ2n) is 9.97. The quantitative estimate of drug-likeness (QED) is 0.204. The summed E-state index contributed by atoms with van der Waals surface area (Å²) in [6.07, 6.45) is 18.2. The van der Waals surface area contributed by atoms with E-state index in [0.29, 0.717) is 11.8 Å². The Hall–Kier alpha value is -0.440. The van der Waals surface area contributed by atoms with Gasteiger partial charge < -0.3 is 4.74 Å². The second-order valence-corrected chi connectivity index (χ2v) is 9.97. The molecule has 0 N–H and O–H groups in total. The van der Waals surface area contributed by atoms with Gasteiger partial charge in [0.2, 0.25) is 0 Å². The second kappa shape index (κ2) is 13.8. The van der Waals surface area contributed by atoms with Crippen molar-refractivity contribution >= 4 is 0 Å². The Bertz CT molecular complexity index is 420. The zero-order chi connectivity index (χ0) is 21.0. The molecule has 29 heavy (non-hydrogen) atoms. The lowest BCUT2D eigenvalue weighted by Gasteiger charge is -2.32. The topological polar surface area (TPSA) is 9.23 Å². The molecule has 2 aliphatic carbocycles. The Kier molecular flexibility index (Phi) is 11.8. The molecule has 0 atom stereocenters. The number of hydrogen-bond donors (Lipinski definition) is 0. The Morgan fingerprint density at radius 1 is 0.793 bits per heavy atom. The zero-order valence-corrected chi connectivity index (χ0v) is 19.0. The molecule has 0 aromatic heterocycles. The molecular weight excluding hydrogens is 366 g/mol. The lowest BCUT2D eigenvalue weighted by molar-refractivity contribution is -0.256. The number of allylic oxidation sites excluding steroid dienone is 1. The van der Waals surface area contributed by atoms with Crippen LogP contribution in [-0.4, -0.2) is 12.7 Å². The van der Waals surface area contributed by atoms with Gasteiger partial charge in [-0.1, -0.05) is 77.2 Å². The van der Waals surface area contributed by atoms with Crippen LogP contribution in [0, 0.1) is 23.7 Å². The average Bonchev–Trinajstić information content (AvgIpc) is 2.73. The summed E-state index contributed by atoms with van der Waals surface area (Å²) in [5.41, 5.74) is 0. The monoisotopic (exact) mass is 412 g/mol. The van der Waals surface area contributed by atoms with E-state index in [2.05, 4.69) is 13.5 Å². The first-order chi connectivity index (χ1) is 14.0. The van der Waals surface area contributed by atoms with Gasteiger partial charge >= 0.3 is 6.11 Å². The molecule has 170 valence electrons. The number of halogens is 2. The summed E-state index contributed by atoms with van der Waals surface area (Å²) in [6.45, 7) is 6.34. The van der Waals surface area contributed by atoms with Gasteiger partial charge in [-0.15, -0.1) is 6.58 Å². The van der Waals surface area contributed by atoms with E-state index in [-0.39, 0.29) is 18.9 Å². The molecule has 2 fully saturated rings. The van der Waals surface area contributed by atoms with E-state index in [1.165, 1.54) is 64.2 Å². The van der Waals surface area contributed by atoms with Gasteiger partial charge in [-0.3, -0.25) is 0 Å². The normalized spacial score (nSPS) is 28.4. The molecule has 2 saturated carbocycles. The Balaban J connectivity index is 1.52. The van der Waals surface area contributed by atoms with Crippen molar-refractivity contribution in [3.8, 4) is 0 Å². The van der Waals surface area contributed by atoms with Crippen LogP contribution in [0.1, 0.15) is 116 Å². The molecule has 3 heteroatoms. The number of alkyl halides is 2. The van der Waals surface area contributed by atoms with E-state index in [9.17, 15) is 8.78 Å². The van der Waals surface area contributed by atoms with Crippen LogP contribution in [0.5, 0.6) is 0 Å². The number of ether oxygens (including phenoxy) is 1. The van der Waals surface area contributed by atoms with E-state index in [1.54, 1.807) is 0 Å². The molecule has 0 aromatic carbocycles. The van der Waals surface area contributed by atoms with Gasteiger partial charge in [0.1, 0.15) is 0 Å². The lowest BCUT2D eigenvalue weighted by Crippen LogP contribution is -2.30. The number of rotatable bonds is 14. The third-order valence-electron chi connectivity index (χ3n) is 7.46. The summed E-state index contributed by atoms with van der Waals surface area (Å²) in [4.78, 5) is 0. The van der Waals surface area contributed by atoms with E-state index in [0.717, 1.165) is 44.4 Å². The standard InChI is InChI=1S/C26H46F2O/c1-3-5-6-7-8-9-10-11-23-14-18-25(19-15-23)21-29-26(27,28)20-24-16-12-22(4-2)13-17-24/h4,22-25H,2-3,5-21H2,1H3. The minimum atomic E-state index is -2.94. The van der Waals surface area contributed by atoms with Crippen molar-refractivity contribution in [2.75, 3.05) is 6.61 Å². The molecule has 2 rings (SSSR count). The van der Waals surface area contributed by atoms with Crippen LogP contribution in [0.2, 0.25) is 0 Å². The summed E-state index contributed by atoms with van der Waals surface area (Å²) >= 11 is 0. The highest BCUT2D eigenvalue weighted by Gasteiger charge is 2.36. The highest BCUT2D eigenvalue weighted by atomic mass is 19.3. The molecular formula is C26H46F2O. The van der Waals surface area contributed by atoms with Gasteiger partial charge in [0.05, 0.1) is 6.61 Å². The molecule has 2 aliphatic rings. The Morgan fingerprint density at radius 3 is 1.97 bits per heavy atom. The molecule has 0 aromatic rings. The van der Waals surface area contributed by atoms with E-state index in [4.69, 9.17) is 4.74 Å². The Morgan fingerprint density at radius 2 is 1.34 bits per heavy atom. The molecule has 0 radical (unpaired) electrons. The Labute approximate surface area is 179 Å². The maximum atomic E-state index is 14.3. The van der Waals surface area contributed by atoms with Crippen LogP contribution >= 0.6 is 0 Å². The fourth-order valence-corrected chi connectivity index (χ4v) is 5.34. The van der Waals surface area contributed by atoms with Crippen molar-refractivity contribution in [3.63, 3.8) is 0 Å².